The van der Waals surface area contributed by atoms with Crippen LogP contribution in [0.15, 0.2) is 48.7 Å². The SMILES string of the molecule is CC(=O)c1cccc(NC(=O)CN2CCN(Cc3ccccn3)CC2)c1. The van der Waals surface area contributed by atoms with Crippen LogP contribution in [0.4, 0.5) is 5.69 Å². The van der Waals surface area contributed by atoms with Crippen LogP contribution in [0.5, 0.6) is 0 Å². The number of piperazine rings is 1. The van der Waals surface area contributed by atoms with E-state index < -0.39 is 0 Å². The van der Waals surface area contributed by atoms with Crippen molar-refractivity contribution in [2.75, 3.05) is 38.0 Å². The molecule has 1 aliphatic rings. The van der Waals surface area contributed by atoms with E-state index in [9.17, 15) is 9.59 Å². The largest absolute Gasteiger partial charge is 0.325 e. The van der Waals surface area contributed by atoms with E-state index in [0.29, 0.717) is 17.8 Å². The minimum Gasteiger partial charge on any atom is -0.325 e. The number of hydrogen-bond acceptors (Lipinski definition) is 5. The molecule has 0 unspecified atom stereocenters. The molecule has 1 saturated heterocycles. The molecule has 1 amide bonds. The van der Waals surface area contributed by atoms with Crippen molar-refractivity contribution in [1.82, 2.24) is 14.8 Å². The molecule has 26 heavy (non-hydrogen) atoms. The molecule has 0 bridgehead atoms. The lowest BCUT2D eigenvalue weighted by atomic mass is 10.1. The predicted molar refractivity (Wildman–Crippen MR) is 101 cm³/mol. The zero-order valence-corrected chi connectivity index (χ0v) is 15.0. The number of nitrogens with one attached hydrogen (secondary N) is 1. The average Bonchev–Trinajstić information content (AvgIpc) is 2.64. The van der Waals surface area contributed by atoms with E-state index in [1.54, 1.807) is 24.3 Å². The third-order valence-electron chi connectivity index (χ3n) is 4.50. The van der Waals surface area contributed by atoms with Crippen LogP contribution in [0.3, 0.4) is 0 Å². The summed E-state index contributed by atoms with van der Waals surface area (Å²) < 4.78 is 0. The molecular formula is C20H24N4O2. The van der Waals surface area contributed by atoms with E-state index in [2.05, 4.69) is 20.1 Å². The summed E-state index contributed by atoms with van der Waals surface area (Å²) in [7, 11) is 0. The Balaban J connectivity index is 1.45. The van der Waals surface area contributed by atoms with E-state index in [1.165, 1.54) is 6.92 Å². The third-order valence-corrected chi connectivity index (χ3v) is 4.50. The molecule has 1 fully saturated rings. The van der Waals surface area contributed by atoms with Crippen LogP contribution < -0.4 is 5.32 Å². The number of carbonyl (C=O) groups is 2. The number of rotatable bonds is 6. The number of anilines is 1. The molecule has 1 aliphatic heterocycles. The summed E-state index contributed by atoms with van der Waals surface area (Å²) in [6, 6.07) is 13.0. The maximum absolute atomic E-state index is 12.3. The number of nitrogens with zero attached hydrogens (tertiary/aromatic N) is 3. The van der Waals surface area contributed by atoms with Crippen molar-refractivity contribution in [3.63, 3.8) is 0 Å². The van der Waals surface area contributed by atoms with Crippen LogP contribution in [-0.2, 0) is 11.3 Å². The van der Waals surface area contributed by atoms with Gasteiger partial charge in [-0.25, -0.2) is 0 Å². The number of hydrogen-bond donors (Lipinski definition) is 1. The molecule has 2 aromatic rings. The molecular weight excluding hydrogens is 328 g/mol. The van der Waals surface area contributed by atoms with Crippen LogP contribution >= 0.6 is 0 Å². The predicted octanol–water partition coefficient (Wildman–Crippen LogP) is 2.04. The fourth-order valence-corrected chi connectivity index (χ4v) is 3.05. The monoisotopic (exact) mass is 352 g/mol. The summed E-state index contributed by atoms with van der Waals surface area (Å²) in [5.41, 5.74) is 2.34. The van der Waals surface area contributed by atoms with Gasteiger partial charge < -0.3 is 5.32 Å². The van der Waals surface area contributed by atoms with E-state index in [1.807, 2.05) is 24.4 Å². The molecule has 0 aliphatic carbocycles. The fourth-order valence-electron chi connectivity index (χ4n) is 3.05. The first-order chi connectivity index (χ1) is 12.6. The summed E-state index contributed by atoms with van der Waals surface area (Å²) in [6.45, 7) is 6.28. The van der Waals surface area contributed by atoms with Crippen molar-refractivity contribution in [2.24, 2.45) is 0 Å². The molecule has 2 heterocycles. The molecule has 0 spiro atoms. The van der Waals surface area contributed by atoms with Crippen molar-refractivity contribution in [2.45, 2.75) is 13.5 Å². The second kappa shape index (κ2) is 8.69. The number of pyridine rings is 1. The lowest BCUT2D eigenvalue weighted by Crippen LogP contribution is -2.48. The van der Waals surface area contributed by atoms with Crippen LogP contribution in [0.2, 0.25) is 0 Å². The summed E-state index contributed by atoms with van der Waals surface area (Å²) in [6.07, 6.45) is 1.82. The molecule has 1 aromatic carbocycles. The number of benzene rings is 1. The number of aromatic nitrogens is 1. The Morgan fingerprint density at radius 1 is 1.04 bits per heavy atom. The summed E-state index contributed by atoms with van der Waals surface area (Å²) in [5.74, 6) is -0.0611. The van der Waals surface area contributed by atoms with Crippen molar-refractivity contribution in [1.29, 1.82) is 0 Å². The van der Waals surface area contributed by atoms with Crippen molar-refractivity contribution < 1.29 is 9.59 Å². The zero-order valence-electron chi connectivity index (χ0n) is 15.0. The summed E-state index contributed by atoms with van der Waals surface area (Å²) in [5, 5.41) is 2.88. The van der Waals surface area contributed by atoms with Gasteiger partial charge in [0.05, 0.1) is 12.2 Å². The second-order valence-electron chi connectivity index (χ2n) is 6.56. The van der Waals surface area contributed by atoms with Gasteiger partial charge in [-0.2, -0.15) is 0 Å². The highest BCUT2D eigenvalue weighted by molar-refractivity contribution is 5.97. The first kappa shape index (κ1) is 18.2. The fraction of sp³-hybridized carbons (Fsp3) is 0.350. The van der Waals surface area contributed by atoms with Gasteiger partial charge in [0.15, 0.2) is 5.78 Å². The lowest BCUT2D eigenvalue weighted by Gasteiger charge is -2.34. The molecule has 6 nitrogen and oxygen atoms in total. The number of ketones is 1. The van der Waals surface area contributed by atoms with Gasteiger partial charge in [0, 0.05) is 50.2 Å². The number of carbonyl (C=O) groups excluding carboxylic acids is 2. The Morgan fingerprint density at radius 2 is 1.81 bits per heavy atom. The highest BCUT2D eigenvalue weighted by Crippen LogP contribution is 2.12. The Morgan fingerprint density at radius 3 is 2.50 bits per heavy atom. The lowest BCUT2D eigenvalue weighted by molar-refractivity contribution is -0.117. The normalized spacial score (nSPS) is 15.6. The molecule has 0 atom stereocenters. The second-order valence-corrected chi connectivity index (χ2v) is 6.56. The molecule has 136 valence electrons. The Kier molecular flexibility index (Phi) is 6.09. The smallest absolute Gasteiger partial charge is 0.238 e. The Labute approximate surface area is 153 Å². The van der Waals surface area contributed by atoms with Crippen LogP contribution in [0, 0.1) is 0 Å². The van der Waals surface area contributed by atoms with Crippen LogP contribution in [0.1, 0.15) is 23.0 Å². The highest BCUT2D eigenvalue weighted by Gasteiger charge is 2.19. The third kappa shape index (κ3) is 5.21. The van der Waals surface area contributed by atoms with Gasteiger partial charge in [-0.05, 0) is 31.2 Å². The maximum Gasteiger partial charge on any atom is 0.238 e. The molecule has 1 N–H and O–H groups in total. The molecule has 1 aromatic heterocycles. The minimum atomic E-state index is -0.0520. The minimum absolute atomic E-state index is 0.00914. The first-order valence-electron chi connectivity index (χ1n) is 8.85. The quantitative estimate of drug-likeness (QED) is 0.806. The molecule has 0 radical (unpaired) electrons. The summed E-state index contributed by atoms with van der Waals surface area (Å²) in [4.78, 5) is 32.6. The van der Waals surface area contributed by atoms with Gasteiger partial charge in [0.2, 0.25) is 5.91 Å². The van der Waals surface area contributed by atoms with Gasteiger partial charge in [0.1, 0.15) is 0 Å². The van der Waals surface area contributed by atoms with E-state index >= 15 is 0 Å². The van der Waals surface area contributed by atoms with Gasteiger partial charge >= 0.3 is 0 Å². The summed E-state index contributed by atoms with van der Waals surface area (Å²) >= 11 is 0. The number of amides is 1. The van der Waals surface area contributed by atoms with Gasteiger partial charge in [-0.1, -0.05) is 18.2 Å². The van der Waals surface area contributed by atoms with Crippen molar-refractivity contribution in [3.05, 3.63) is 59.9 Å². The van der Waals surface area contributed by atoms with Gasteiger partial charge in [-0.3, -0.25) is 24.4 Å². The van der Waals surface area contributed by atoms with Crippen molar-refractivity contribution >= 4 is 17.4 Å². The topological polar surface area (TPSA) is 65.5 Å². The molecule has 0 saturated carbocycles. The van der Waals surface area contributed by atoms with Gasteiger partial charge in [-0.15, -0.1) is 0 Å². The van der Waals surface area contributed by atoms with E-state index in [4.69, 9.17) is 0 Å². The van der Waals surface area contributed by atoms with Crippen LogP contribution in [-0.4, -0.2) is 59.2 Å². The molecule has 3 rings (SSSR count). The van der Waals surface area contributed by atoms with E-state index in [0.717, 1.165) is 38.4 Å². The standard InChI is InChI=1S/C20H24N4O2/c1-16(25)17-5-4-7-18(13-17)22-20(26)15-24-11-9-23(10-12-24)14-19-6-2-3-8-21-19/h2-8,13H,9-12,14-15H2,1H3,(H,22,26). The van der Waals surface area contributed by atoms with Gasteiger partial charge in [0.25, 0.3) is 0 Å². The zero-order chi connectivity index (χ0) is 18.4. The Hall–Kier alpha value is -2.57. The number of Topliss-reactive ketones (excluding diaryl/α,β-unsaturated/α-hetero) is 1. The average molecular weight is 352 g/mol. The molecule has 6 heteroatoms. The highest BCUT2D eigenvalue weighted by atomic mass is 16.2. The first-order valence-corrected chi connectivity index (χ1v) is 8.85. The van der Waals surface area contributed by atoms with Crippen molar-refractivity contribution in [3.8, 4) is 0 Å². The van der Waals surface area contributed by atoms with Crippen LogP contribution in [0.25, 0.3) is 0 Å². The Bertz CT molecular complexity index is 755. The van der Waals surface area contributed by atoms with E-state index in [-0.39, 0.29) is 11.7 Å². The maximum atomic E-state index is 12.3.